The molecular formula is C23H20N2O7. The van der Waals surface area contributed by atoms with Gasteiger partial charge in [0.25, 0.3) is 11.4 Å². The first-order chi connectivity index (χ1) is 15.4. The van der Waals surface area contributed by atoms with Crippen molar-refractivity contribution in [1.82, 2.24) is 0 Å². The number of carbonyl (C=O) groups is 1. The molecule has 0 saturated heterocycles. The number of hydrogen-bond donors (Lipinski definition) is 0. The van der Waals surface area contributed by atoms with Gasteiger partial charge in [0.2, 0.25) is 0 Å². The van der Waals surface area contributed by atoms with Crippen LogP contribution in [0.5, 0.6) is 5.75 Å². The summed E-state index contributed by atoms with van der Waals surface area (Å²) in [5.41, 5.74) is -1.32. The quantitative estimate of drug-likeness (QED) is 0.295. The lowest BCUT2D eigenvalue weighted by Crippen LogP contribution is -2.38. The van der Waals surface area contributed by atoms with E-state index in [-0.39, 0.29) is 11.7 Å². The number of hydrogen-bond acceptors (Lipinski definition) is 7. The molecule has 2 atom stereocenters. The highest BCUT2D eigenvalue weighted by atomic mass is 16.6. The third kappa shape index (κ3) is 4.66. The van der Waals surface area contributed by atoms with Crippen LogP contribution in [-0.4, -0.2) is 28.0 Å². The lowest BCUT2D eigenvalue weighted by atomic mass is 9.94. The zero-order valence-electron chi connectivity index (χ0n) is 17.0. The number of nitro benzene ring substituents is 2. The largest absolute Gasteiger partial charge is 0.487 e. The van der Waals surface area contributed by atoms with E-state index in [1.165, 1.54) is 0 Å². The van der Waals surface area contributed by atoms with Crippen LogP contribution in [-0.2, 0) is 4.74 Å². The van der Waals surface area contributed by atoms with Gasteiger partial charge in [-0.1, -0.05) is 30.3 Å². The van der Waals surface area contributed by atoms with E-state index in [9.17, 15) is 25.0 Å². The van der Waals surface area contributed by atoms with E-state index in [2.05, 4.69) is 0 Å². The molecule has 0 aliphatic heterocycles. The first kappa shape index (κ1) is 21.2. The van der Waals surface area contributed by atoms with Crippen molar-refractivity contribution in [3.8, 4) is 5.75 Å². The molecule has 1 aliphatic rings. The van der Waals surface area contributed by atoms with Crippen LogP contribution in [0.1, 0.15) is 36.0 Å². The van der Waals surface area contributed by atoms with Gasteiger partial charge >= 0.3 is 5.97 Å². The second-order valence-corrected chi connectivity index (χ2v) is 7.65. The predicted molar refractivity (Wildman–Crippen MR) is 116 cm³/mol. The predicted octanol–water partition coefficient (Wildman–Crippen LogP) is 5.20. The van der Waals surface area contributed by atoms with Gasteiger partial charge in [-0.15, -0.1) is 0 Å². The maximum absolute atomic E-state index is 12.7. The minimum atomic E-state index is -0.851. The molecular weight excluding hydrogens is 416 g/mol. The van der Waals surface area contributed by atoms with Crippen LogP contribution in [0.15, 0.2) is 60.7 Å². The first-order valence-electron chi connectivity index (χ1n) is 10.2. The van der Waals surface area contributed by atoms with Crippen molar-refractivity contribution >= 4 is 28.1 Å². The van der Waals surface area contributed by atoms with Gasteiger partial charge in [-0.2, -0.15) is 0 Å². The minimum absolute atomic E-state index is 0.235. The molecule has 9 nitrogen and oxygen atoms in total. The summed E-state index contributed by atoms with van der Waals surface area (Å²) in [6.45, 7) is 0. The number of nitro groups is 2. The summed E-state index contributed by atoms with van der Waals surface area (Å²) in [6, 6.07) is 16.4. The molecule has 164 valence electrons. The maximum Gasteiger partial charge on any atom is 0.339 e. The third-order valence-electron chi connectivity index (χ3n) is 5.47. The lowest BCUT2D eigenvalue weighted by Gasteiger charge is -2.31. The Kier molecular flexibility index (Phi) is 5.98. The van der Waals surface area contributed by atoms with Crippen molar-refractivity contribution in [3.63, 3.8) is 0 Å². The first-order valence-corrected chi connectivity index (χ1v) is 10.2. The van der Waals surface area contributed by atoms with E-state index >= 15 is 0 Å². The van der Waals surface area contributed by atoms with Gasteiger partial charge in [0.05, 0.1) is 21.5 Å². The van der Waals surface area contributed by atoms with Gasteiger partial charge in [0.1, 0.15) is 18.0 Å². The molecule has 1 saturated carbocycles. The van der Waals surface area contributed by atoms with Crippen LogP contribution in [0.25, 0.3) is 10.8 Å². The van der Waals surface area contributed by atoms with E-state index < -0.39 is 33.3 Å². The molecule has 0 heterocycles. The van der Waals surface area contributed by atoms with Gasteiger partial charge < -0.3 is 9.47 Å². The molecule has 32 heavy (non-hydrogen) atoms. The zero-order valence-corrected chi connectivity index (χ0v) is 17.0. The van der Waals surface area contributed by atoms with Crippen molar-refractivity contribution < 1.29 is 24.1 Å². The molecule has 1 fully saturated rings. The molecule has 0 unspecified atom stereocenters. The van der Waals surface area contributed by atoms with Gasteiger partial charge in [-0.3, -0.25) is 20.2 Å². The number of fused-ring (bicyclic) bond motifs is 1. The molecule has 0 amide bonds. The highest BCUT2D eigenvalue weighted by molar-refractivity contribution is 5.91. The number of rotatable bonds is 6. The molecule has 0 aromatic heterocycles. The number of benzene rings is 3. The van der Waals surface area contributed by atoms with E-state index in [0.717, 1.165) is 41.8 Å². The van der Waals surface area contributed by atoms with Gasteiger partial charge in [0.15, 0.2) is 0 Å². The highest BCUT2D eigenvalue weighted by Gasteiger charge is 2.31. The fourth-order valence-corrected chi connectivity index (χ4v) is 3.88. The third-order valence-corrected chi connectivity index (χ3v) is 5.47. The van der Waals surface area contributed by atoms with Crippen molar-refractivity contribution in [2.24, 2.45) is 0 Å². The van der Waals surface area contributed by atoms with Crippen LogP contribution in [0.3, 0.4) is 0 Å². The Morgan fingerprint density at radius 1 is 0.812 bits per heavy atom. The highest BCUT2D eigenvalue weighted by Crippen LogP contribution is 2.30. The van der Waals surface area contributed by atoms with Crippen molar-refractivity contribution in [2.45, 2.75) is 37.9 Å². The molecule has 0 spiro atoms. The summed E-state index contributed by atoms with van der Waals surface area (Å²) in [4.78, 5) is 33.3. The standard InChI is InChI=1S/C23H20N2O7/c26-23(17-11-18(24(27)28)14-19(12-17)25(29)30)32-22-8-4-3-7-21(22)31-20-10-9-15-5-1-2-6-16(15)13-20/h1-2,5-6,9-14,21-22H,3-4,7-8H2/t21-,22-/m0/s1. The van der Waals surface area contributed by atoms with Crippen molar-refractivity contribution in [3.05, 3.63) is 86.5 Å². The lowest BCUT2D eigenvalue weighted by molar-refractivity contribution is -0.394. The zero-order chi connectivity index (χ0) is 22.7. The summed E-state index contributed by atoms with van der Waals surface area (Å²) in [7, 11) is 0. The molecule has 0 radical (unpaired) electrons. The Morgan fingerprint density at radius 2 is 1.44 bits per heavy atom. The van der Waals surface area contributed by atoms with Crippen LogP contribution in [0, 0.1) is 20.2 Å². The summed E-state index contributed by atoms with van der Waals surface area (Å²) in [5.74, 6) is -0.196. The Labute approximate surface area is 182 Å². The minimum Gasteiger partial charge on any atom is -0.487 e. The normalized spacial score (nSPS) is 18.1. The fourth-order valence-electron chi connectivity index (χ4n) is 3.88. The van der Waals surface area contributed by atoms with Gasteiger partial charge in [0, 0.05) is 12.1 Å². The van der Waals surface area contributed by atoms with E-state index in [1.807, 2.05) is 42.5 Å². The Bertz CT molecular complexity index is 1160. The molecule has 4 rings (SSSR count). The number of esters is 1. The Balaban J connectivity index is 1.53. The number of ether oxygens (including phenoxy) is 2. The maximum atomic E-state index is 12.7. The second kappa shape index (κ2) is 9.01. The van der Waals surface area contributed by atoms with Gasteiger partial charge in [-0.05, 0) is 48.6 Å². The summed E-state index contributed by atoms with van der Waals surface area (Å²) in [6.07, 6.45) is 2.05. The number of nitrogens with zero attached hydrogens (tertiary/aromatic N) is 2. The van der Waals surface area contributed by atoms with Crippen LogP contribution < -0.4 is 4.74 Å². The topological polar surface area (TPSA) is 122 Å². The smallest absolute Gasteiger partial charge is 0.339 e. The molecule has 1 aliphatic carbocycles. The second-order valence-electron chi connectivity index (χ2n) is 7.65. The monoisotopic (exact) mass is 436 g/mol. The summed E-state index contributed by atoms with van der Waals surface area (Å²) >= 11 is 0. The molecule has 0 bridgehead atoms. The molecule has 3 aromatic carbocycles. The average Bonchev–Trinajstić information content (AvgIpc) is 2.80. The van der Waals surface area contributed by atoms with E-state index in [0.29, 0.717) is 18.6 Å². The van der Waals surface area contributed by atoms with E-state index in [4.69, 9.17) is 9.47 Å². The molecule has 3 aromatic rings. The summed E-state index contributed by atoms with van der Waals surface area (Å²) in [5, 5.41) is 24.3. The van der Waals surface area contributed by atoms with Crippen LogP contribution in [0.4, 0.5) is 11.4 Å². The Morgan fingerprint density at radius 3 is 2.09 bits per heavy atom. The van der Waals surface area contributed by atoms with Crippen LogP contribution >= 0.6 is 0 Å². The number of non-ortho nitro benzene ring substituents is 2. The average molecular weight is 436 g/mol. The number of carbonyl (C=O) groups excluding carboxylic acids is 1. The van der Waals surface area contributed by atoms with Gasteiger partial charge in [-0.25, -0.2) is 4.79 Å². The van der Waals surface area contributed by atoms with E-state index in [1.54, 1.807) is 0 Å². The SMILES string of the molecule is O=C(O[C@H]1CCCC[C@@H]1Oc1ccc2ccccc2c1)c1cc([N+](=O)[O-])cc([N+](=O)[O-])c1. The molecule has 0 N–H and O–H groups in total. The van der Waals surface area contributed by atoms with Crippen molar-refractivity contribution in [1.29, 1.82) is 0 Å². The fraction of sp³-hybridized carbons (Fsp3) is 0.261. The Hall–Kier alpha value is -4.01. The summed E-state index contributed by atoms with van der Waals surface area (Å²) < 4.78 is 11.8. The molecule has 9 heteroatoms. The van der Waals surface area contributed by atoms with Crippen LogP contribution in [0.2, 0.25) is 0 Å². The van der Waals surface area contributed by atoms with Crippen molar-refractivity contribution in [2.75, 3.05) is 0 Å².